The Labute approximate surface area is 71.3 Å². The lowest BCUT2D eigenvalue weighted by Gasteiger charge is -2.00. The Morgan fingerprint density at radius 2 is 2.18 bits per heavy atom. The highest BCUT2D eigenvalue weighted by Gasteiger charge is 2.01. The van der Waals surface area contributed by atoms with Crippen LogP contribution >= 0.6 is 12.6 Å². The van der Waals surface area contributed by atoms with E-state index in [1.807, 2.05) is 19.9 Å². The second kappa shape index (κ2) is 2.93. The summed E-state index contributed by atoms with van der Waals surface area (Å²) in [5.41, 5.74) is 2.49. The van der Waals surface area contributed by atoms with Crippen molar-refractivity contribution in [3.63, 3.8) is 0 Å². The third-order valence-electron chi connectivity index (χ3n) is 1.57. The molecule has 56 valence electrons. The quantitative estimate of drug-likeness (QED) is 0.594. The molecule has 0 atom stereocenters. The standard InChI is InChI=1S/C8H8N2S/c1-5-3-7(4-9)8(11)10-6(5)2/h3H,1-2H3,(H,10,11). The fourth-order valence-corrected chi connectivity index (χ4v) is 1.04. The number of hydrogen-bond acceptors (Lipinski definition) is 3. The fraction of sp³-hybridized carbons (Fsp3) is 0.250. The van der Waals surface area contributed by atoms with Gasteiger partial charge in [0.05, 0.1) is 5.56 Å². The molecule has 0 N–H and O–H groups in total. The van der Waals surface area contributed by atoms with Crippen LogP contribution in [0.2, 0.25) is 0 Å². The van der Waals surface area contributed by atoms with Gasteiger partial charge in [-0.2, -0.15) is 5.26 Å². The predicted octanol–water partition coefficient (Wildman–Crippen LogP) is 1.86. The minimum Gasteiger partial charge on any atom is -0.245 e. The van der Waals surface area contributed by atoms with Crippen molar-refractivity contribution in [1.82, 2.24) is 4.98 Å². The number of nitriles is 1. The first kappa shape index (κ1) is 8.09. The molecule has 3 heteroatoms. The van der Waals surface area contributed by atoms with Crippen LogP contribution in [0, 0.1) is 25.2 Å². The van der Waals surface area contributed by atoms with Crippen LogP contribution in [0.5, 0.6) is 0 Å². The lowest BCUT2D eigenvalue weighted by Crippen LogP contribution is -1.91. The molecule has 0 amide bonds. The number of pyridine rings is 1. The lowest BCUT2D eigenvalue weighted by atomic mass is 10.2. The van der Waals surface area contributed by atoms with Crippen LogP contribution in [0.4, 0.5) is 0 Å². The maximum absolute atomic E-state index is 8.59. The molecular weight excluding hydrogens is 156 g/mol. The van der Waals surface area contributed by atoms with Crippen LogP contribution in [0.1, 0.15) is 16.8 Å². The molecule has 0 aliphatic heterocycles. The first-order valence-corrected chi connectivity index (χ1v) is 3.67. The zero-order valence-electron chi connectivity index (χ0n) is 6.42. The SMILES string of the molecule is Cc1cc(C#N)c(S)nc1C. The zero-order valence-corrected chi connectivity index (χ0v) is 7.31. The molecule has 2 nitrogen and oxygen atoms in total. The van der Waals surface area contributed by atoms with Gasteiger partial charge in [-0.1, -0.05) is 0 Å². The Kier molecular flexibility index (Phi) is 2.16. The van der Waals surface area contributed by atoms with Crippen LogP contribution < -0.4 is 0 Å². The van der Waals surface area contributed by atoms with Gasteiger partial charge in [0.25, 0.3) is 0 Å². The van der Waals surface area contributed by atoms with E-state index in [2.05, 4.69) is 17.6 Å². The van der Waals surface area contributed by atoms with Gasteiger partial charge < -0.3 is 0 Å². The van der Waals surface area contributed by atoms with E-state index in [1.165, 1.54) is 0 Å². The molecule has 0 fully saturated rings. The third kappa shape index (κ3) is 1.52. The summed E-state index contributed by atoms with van der Waals surface area (Å²) in [5.74, 6) is 0. The van der Waals surface area contributed by atoms with Gasteiger partial charge in [-0.3, -0.25) is 0 Å². The van der Waals surface area contributed by atoms with Crippen LogP contribution in [0.3, 0.4) is 0 Å². The second-order valence-electron chi connectivity index (χ2n) is 2.37. The van der Waals surface area contributed by atoms with Gasteiger partial charge >= 0.3 is 0 Å². The van der Waals surface area contributed by atoms with Crippen LogP contribution in [0.15, 0.2) is 11.1 Å². The van der Waals surface area contributed by atoms with E-state index in [9.17, 15) is 0 Å². The summed E-state index contributed by atoms with van der Waals surface area (Å²) in [6.07, 6.45) is 0. The van der Waals surface area contributed by atoms with Gasteiger partial charge in [-0.05, 0) is 25.5 Å². The van der Waals surface area contributed by atoms with Crippen LogP contribution in [-0.2, 0) is 0 Å². The summed E-state index contributed by atoms with van der Waals surface area (Å²) in [6, 6.07) is 3.82. The Morgan fingerprint density at radius 1 is 1.55 bits per heavy atom. The number of thiol groups is 1. The fourth-order valence-electron chi connectivity index (χ4n) is 0.775. The molecular formula is C8H8N2S. The van der Waals surface area contributed by atoms with E-state index in [-0.39, 0.29) is 0 Å². The van der Waals surface area contributed by atoms with Crippen molar-refractivity contribution in [3.05, 3.63) is 22.9 Å². The number of nitrogens with zero attached hydrogens (tertiary/aromatic N) is 2. The molecule has 0 saturated heterocycles. The van der Waals surface area contributed by atoms with Crippen molar-refractivity contribution in [2.24, 2.45) is 0 Å². The van der Waals surface area contributed by atoms with Crippen molar-refractivity contribution < 1.29 is 0 Å². The average molecular weight is 164 g/mol. The predicted molar refractivity (Wildman–Crippen MR) is 45.7 cm³/mol. The first-order chi connectivity index (χ1) is 5.15. The molecule has 0 aliphatic carbocycles. The Bertz CT molecular complexity index is 326. The number of hydrogen-bond donors (Lipinski definition) is 1. The van der Waals surface area contributed by atoms with Gasteiger partial charge in [0, 0.05) is 5.69 Å². The summed E-state index contributed by atoms with van der Waals surface area (Å²) < 4.78 is 0. The molecule has 1 heterocycles. The van der Waals surface area contributed by atoms with Gasteiger partial charge in [0.1, 0.15) is 11.1 Å². The lowest BCUT2D eigenvalue weighted by molar-refractivity contribution is 1.03. The maximum atomic E-state index is 8.59. The topological polar surface area (TPSA) is 36.7 Å². The third-order valence-corrected chi connectivity index (χ3v) is 1.91. The van der Waals surface area contributed by atoms with E-state index in [0.717, 1.165) is 11.3 Å². The minimum atomic E-state index is 0.510. The molecule has 0 radical (unpaired) electrons. The molecule has 0 saturated carbocycles. The Morgan fingerprint density at radius 3 is 2.73 bits per heavy atom. The van der Waals surface area contributed by atoms with Crippen molar-refractivity contribution in [2.75, 3.05) is 0 Å². The van der Waals surface area contributed by atoms with Gasteiger partial charge in [-0.15, -0.1) is 12.6 Å². The summed E-state index contributed by atoms with van der Waals surface area (Å²) in [5, 5.41) is 9.10. The molecule has 0 unspecified atom stereocenters. The van der Waals surface area contributed by atoms with Crippen LogP contribution in [-0.4, -0.2) is 4.98 Å². The Balaban J connectivity index is 3.35. The van der Waals surface area contributed by atoms with E-state index in [4.69, 9.17) is 5.26 Å². The van der Waals surface area contributed by atoms with Crippen molar-refractivity contribution in [1.29, 1.82) is 5.26 Å². The largest absolute Gasteiger partial charge is 0.245 e. The summed E-state index contributed by atoms with van der Waals surface area (Å²) >= 11 is 4.06. The normalized spacial score (nSPS) is 9.27. The number of rotatable bonds is 0. The second-order valence-corrected chi connectivity index (χ2v) is 2.80. The van der Waals surface area contributed by atoms with E-state index in [0.29, 0.717) is 10.6 Å². The maximum Gasteiger partial charge on any atom is 0.111 e. The number of aromatic nitrogens is 1. The summed E-state index contributed by atoms with van der Waals surface area (Å²) in [6.45, 7) is 3.83. The van der Waals surface area contributed by atoms with E-state index >= 15 is 0 Å². The summed E-state index contributed by atoms with van der Waals surface area (Å²) in [7, 11) is 0. The highest BCUT2D eigenvalue weighted by molar-refractivity contribution is 7.80. The molecule has 0 bridgehead atoms. The molecule has 0 spiro atoms. The van der Waals surface area contributed by atoms with E-state index in [1.54, 1.807) is 6.07 Å². The van der Waals surface area contributed by atoms with Crippen molar-refractivity contribution in [2.45, 2.75) is 18.9 Å². The zero-order chi connectivity index (χ0) is 8.43. The smallest absolute Gasteiger partial charge is 0.111 e. The Hall–Kier alpha value is -1.01. The minimum absolute atomic E-state index is 0.510. The molecule has 0 aromatic carbocycles. The molecule has 11 heavy (non-hydrogen) atoms. The molecule has 1 rings (SSSR count). The summed E-state index contributed by atoms with van der Waals surface area (Å²) in [4.78, 5) is 4.09. The monoisotopic (exact) mass is 164 g/mol. The van der Waals surface area contributed by atoms with Crippen molar-refractivity contribution in [3.8, 4) is 6.07 Å². The highest BCUT2D eigenvalue weighted by Crippen LogP contribution is 2.13. The molecule has 1 aromatic heterocycles. The van der Waals surface area contributed by atoms with Crippen molar-refractivity contribution >= 4 is 12.6 Å². The van der Waals surface area contributed by atoms with Crippen LogP contribution in [0.25, 0.3) is 0 Å². The first-order valence-electron chi connectivity index (χ1n) is 3.22. The molecule has 1 aromatic rings. The number of aryl methyl sites for hydroxylation is 2. The highest BCUT2D eigenvalue weighted by atomic mass is 32.1. The van der Waals surface area contributed by atoms with E-state index < -0.39 is 0 Å². The van der Waals surface area contributed by atoms with Gasteiger partial charge in [-0.25, -0.2) is 4.98 Å². The molecule has 0 aliphatic rings. The average Bonchev–Trinajstić information content (AvgIpc) is 1.97. The van der Waals surface area contributed by atoms with Gasteiger partial charge in [0.2, 0.25) is 0 Å². The van der Waals surface area contributed by atoms with Gasteiger partial charge in [0.15, 0.2) is 0 Å².